The molecule has 102 valence electrons. The number of ether oxygens (including phenoxy) is 2. The van der Waals surface area contributed by atoms with Crippen LogP contribution >= 0.6 is 0 Å². The van der Waals surface area contributed by atoms with Crippen LogP contribution in [0.5, 0.6) is 17.2 Å². The van der Waals surface area contributed by atoms with Crippen molar-refractivity contribution >= 4 is 0 Å². The molecular weight excluding hydrogens is 242 g/mol. The highest BCUT2D eigenvalue weighted by Gasteiger charge is 2.34. The largest absolute Gasteiger partial charge is 0.504 e. The van der Waals surface area contributed by atoms with E-state index in [9.17, 15) is 5.11 Å². The summed E-state index contributed by atoms with van der Waals surface area (Å²) in [6.07, 6.45) is 5.32. The first kappa shape index (κ1) is 11.4. The molecule has 3 aliphatic heterocycles. The lowest BCUT2D eigenvalue weighted by Crippen LogP contribution is -2.28. The highest BCUT2D eigenvalue weighted by atomic mass is 16.5. The van der Waals surface area contributed by atoms with Crippen molar-refractivity contribution in [1.29, 1.82) is 0 Å². The van der Waals surface area contributed by atoms with Crippen LogP contribution in [0.3, 0.4) is 0 Å². The predicted molar refractivity (Wildman–Crippen MR) is 71.1 cm³/mol. The molecule has 1 atom stereocenters. The number of piperidine rings is 1. The maximum absolute atomic E-state index is 10.3. The van der Waals surface area contributed by atoms with E-state index in [1.807, 2.05) is 0 Å². The van der Waals surface area contributed by atoms with Crippen LogP contribution in [-0.4, -0.2) is 24.9 Å². The zero-order chi connectivity index (χ0) is 12.8. The fraction of sp³-hybridized carbons (Fsp3) is 0.600. The maximum atomic E-state index is 10.3. The Hall–Kier alpha value is -1.42. The number of rotatable bonds is 1. The zero-order valence-electron chi connectivity index (χ0n) is 11.0. The minimum Gasteiger partial charge on any atom is -0.504 e. The monoisotopic (exact) mass is 261 g/mol. The van der Waals surface area contributed by atoms with Crippen LogP contribution in [-0.2, 0) is 12.8 Å². The number of aromatic hydroxyl groups is 1. The Balaban J connectivity index is 1.89. The quantitative estimate of drug-likeness (QED) is 0.812. The number of phenolic OH excluding ortho intramolecular Hbond substituents is 1. The van der Waals surface area contributed by atoms with Crippen LogP contribution in [0.4, 0.5) is 0 Å². The summed E-state index contributed by atoms with van der Waals surface area (Å²) in [6.45, 7) is 2.41. The van der Waals surface area contributed by atoms with Gasteiger partial charge in [-0.1, -0.05) is 6.42 Å². The van der Waals surface area contributed by atoms with Crippen LogP contribution in [0.15, 0.2) is 0 Å². The van der Waals surface area contributed by atoms with Crippen molar-refractivity contribution in [1.82, 2.24) is 5.32 Å². The van der Waals surface area contributed by atoms with Gasteiger partial charge in [0, 0.05) is 35.6 Å². The number of benzene rings is 1. The van der Waals surface area contributed by atoms with Crippen LogP contribution in [0.2, 0.25) is 0 Å². The van der Waals surface area contributed by atoms with Gasteiger partial charge >= 0.3 is 0 Å². The van der Waals surface area contributed by atoms with Crippen molar-refractivity contribution in [2.24, 2.45) is 0 Å². The summed E-state index contributed by atoms with van der Waals surface area (Å²) in [6, 6.07) is 0.358. The molecule has 0 radical (unpaired) electrons. The zero-order valence-corrected chi connectivity index (χ0v) is 11.0. The van der Waals surface area contributed by atoms with Crippen LogP contribution in [0.25, 0.3) is 0 Å². The van der Waals surface area contributed by atoms with Crippen LogP contribution in [0, 0.1) is 0 Å². The van der Waals surface area contributed by atoms with Crippen molar-refractivity contribution < 1.29 is 14.6 Å². The number of fused-ring (bicyclic) bond motifs is 2. The first-order valence-corrected chi connectivity index (χ1v) is 7.26. The first-order valence-electron chi connectivity index (χ1n) is 7.26. The molecule has 1 fully saturated rings. The van der Waals surface area contributed by atoms with E-state index in [1.54, 1.807) is 0 Å². The van der Waals surface area contributed by atoms with Crippen molar-refractivity contribution in [3.8, 4) is 17.2 Å². The molecule has 0 bridgehead atoms. The lowest BCUT2D eigenvalue weighted by molar-refractivity contribution is 0.332. The van der Waals surface area contributed by atoms with Gasteiger partial charge in [0.1, 0.15) is 5.75 Å². The Bertz CT molecular complexity index is 486. The van der Waals surface area contributed by atoms with E-state index in [0.29, 0.717) is 30.8 Å². The highest BCUT2D eigenvalue weighted by Crippen LogP contribution is 2.51. The van der Waals surface area contributed by atoms with Crippen molar-refractivity contribution in [2.75, 3.05) is 19.8 Å². The van der Waals surface area contributed by atoms with Crippen LogP contribution < -0.4 is 14.8 Å². The fourth-order valence-corrected chi connectivity index (χ4v) is 3.59. The predicted octanol–water partition coefficient (Wildman–Crippen LogP) is 2.08. The summed E-state index contributed by atoms with van der Waals surface area (Å²) >= 11 is 0. The second-order valence-electron chi connectivity index (χ2n) is 5.58. The molecule has 1 saturated heterocycles. The second-order valence-corrected chi connectivity index (χ2v) is 5.58. The van der Waals surface area contributed by atoms with Crippen LogP contribution in [0.1, 0.15) is 42.0 Å². The summed E-state index contributed by atoms with van der Waals surface area (Å²) in [5.74, 6) is 1.97. The second kappa shape index (κ2) is 4.30. The van der Waals surface area contributed by atoms with Gasteiger partial charge < -0.3 is 19.9 Å². The molecule has 2 N–H and O–H groups in total. The summed E-state index contributed by atoms with van der Waals surface area (Å²) in [5, 5.41) is 13.9. The number of nitrogens with one attached hydrogen (secondary N) is 1. The third-order valence-corrected chi connectivity index (χ3v) is 4.47. The topological polar surface area (TPSA) is 50.7 Å². The maximum Gasteiger partial charge on any atom is 0.165 e. The van der Waals surface area contributed by atoms with Crippen molar-refractivity contribution in [2.45, 2.75) is 38.1 Å². The molecule has 3 aliphatic rings. The van der Waals surface area contributed by atoms with Gasteiger partial charge in [0.15, 0.2) is 11.5 Å². The Morgan fingerprint density at radius 3 is 2.58 bits per heavy atom. The molecule has 1 unspecified atom stereocenters. The van der Waals surface area contributed by atoms with Gasteiger partial charge in [0.2, 0.25) is 0 Å². The van der Waals surface area contributed by atoms with Crippen molar-refractivity contribution in [3.05, 3.63) is 16.7 Å². The molecule has 3 heterocycles. The van der Waals surface area contributed by atoms with E-state index in [1.165, 1.54) is 18.4 Å². The minimum absolute atomic E-state index is 0.319. The molecule has 0 aliphatic carbocycles. The van der Waals surface area contributed by atoms with Gasteiger partial charge in [-0.3, -0.25) is 0 Å². The third-order valence-electron chi connectivity index (χ3n) is 4.47. The fourth-order valence-electron chi connectivity index (χ4n) is 3.59. The molecule has 1 aromatic carbocycles. The number of hydrogen-bond donors (Lipinski definition) is 2. The lowest BCUT2D eigenvalue weighted by Gasteiger charge is -2.27. The third kappa shape index (κ3) is 1.62. The summed E-state index contributed by atoms with van der Waals surface area (Å²) in [5.41, 5.74) is 3.37. The van der Waals surface area contributed by atoms with Gasteiger partial charge in [0.05, 0.1) is 13.2 Å². The molecule has 0 amide bonds. The molecule has 1 aromatic rings. The number of phenols is 1. The Morgan fingerprint density at radius 2 is 1.79 bits per heavy atom. The SMILES string of the molecule is Oc1c2c(c(C3CCCCN3)c3c1OCC3)OCC2. The Kier molecular flexibility index (Phi) is 2.58. The standard InChI is InChI=1S/C15H19NO3/c17-13-10-5-8-18-14(10)12(9-4-7-19-15(9)13)11-3-1-2-6-16-11/h11,16-17H,1-8H2. The summed E-state index contributed by atoms with van der Waals surface area (Å²) < 4.78 is 11.5. The van der Waals surface area contributed by atoms with Gasteiger partial charge in [-0.05, 0) is 19.4 Å². The van der Waals surface area contributed by atoms with E-state index in [2.05, 4.69) is 5.32 Å². The Morgan fingerprint density at radius 1 is 1.00 bits per heavy atom. The molecule has 0 aromatic heterocycles. The minimum atomic E-state index is 0.319. The van der Waals surface area contributed by atoms with E-state index in [4.69, 9.17) is 9.47 Å². The average Bonchev–Trinajstić information content (AvgIpc) is 3.09. The molecule has 4 heteroatoms. The summed E-state index contributed by atoms with van der Waals surface area (Å²) in [4.78, 5) is 0. The van der Waals surface area contributed by atoms with Gasteiger partial charge in [0.25, 0.3) is 0 Å². The molecule has 4 rings (SSSR count). The highest BCUT2D eigenvalue weighted by molar-refractivity contribution is 5.65. The smallest absolute Gasteiger partial charge is 0.165 e. The van der Waals surface area contributed by atoms with E-state index < -0.39 is 0 Å². The molecule has 19 heavy (non-hydrogen) atoms. The number of hydrogen-bond acceptors (Lipinski definition) is 4. The first-order chi connectivity index (χ1) is 9.36. The van der Waals surface area contributed by atoms with Gasteiger partial charge in [-0.25, -0.2) is 0 Å². The van der Waals surface area contributed by atoms with E-state index in [0.717, 1.165) is 42.7 Å². The van der Waals surface area contributed by atoms with Gasteiger partial charge in [-0.15, -0.1) is 0 Å². The molecule has 0 spiro atoms. The molecular formula is C15H19NO3. The Labute approximate surface area is 112 Å². The average molecular weight is 261 g/mol. The molecule has 0 saturated carbocycles. The molecule has 4 nitrogen and oxygen atoms in total. The van der Waals surface area contributed by atoms with Crippen molar-refractivity contribution in [3.63, 3.8) is 0 Å². The van der Waals surface area contributed by atoms with Gasteiger partial charge in [-0.2, -0.15) is 0 Å². The van der Waals surface area contributed by atoms with E-state index >= 15 is 0 Å². The summed E-state index contributed by atoms with van der Waals surface area (Å²) in [7, 11) is 0. The lowest BCUT2D eigenvalue weighted by atomic mass is 9.89. The normalized spacial score (nSPS) is 24.5. The van der Waals surface area contributed by atoms with E-state index in [-0.39, 0.29) is 0 Å².